The van der Waals surface area contributed by atoms with Gasteiger partial charge in [0, 0.05) is 17.3 Å². The number of allylic oxidation sites excluding steroid dienone is 5. The van der Waals surface area contributed by atoms with Gasteiger partial charge in [0.25, 0.3) is 0 Å². The van der Waals surface area contributed by atoms with Gasteiger partial charge < -0.3 is 9.47 Å². The summed E-state index contributed by atoms with van der Waals surface area (Å²) in [6, 6.07) is 0. The molecule has 1 heterocycles. The molecular formula is C20H28O3. The molecule has 1 fully saturated rings. The number of ether oxygens (including phenoxy) is 2. The second kappa shape index (κ2) is 6.58. The third kappa shape index (κ3) is 3.26. The molecule has 0 aromatic heterocycles. The number of rotatable bonds is 6. The van der Waals surface area contributed by atoms with Gasteiger partial charge in [-0.2, -0.15) is 0 Å². The van der Waals surface area contributed by atoms with Gasteiger partial charge in [0.2, 0.25) is 0 Å². The summed E-state index contributed by atoms with van der Waals surface area (Å²) >= 11 is 0. The molecule has 126 valence electrons. The van der Waals surface area contributed by atoms with Crippen molar-refractivity contribution in [3.63, 3.8) is 0 Å². The van der Waals surface area contributed by atoms with E-state index in [1.54, 1.807) is 13.0 Å². The average Bonchev–Trinajstić information content (AvgIpc) is 2.92. The predicted molar refractivity (Wildman–Crippen MR) is 93.0 cm³/mol. The Hall–Kier alpha value is -1.45. The SMILES string of the molecule is C=CC[C@]1(C)CC2(OCCO2)[C@](C)(CC=C)C=C1/C=C\C(C)=O. The molecule has 0 bridgehead atoms. The zero-order valence-corrected chi connectivity index (χ0v) is 14.6. The van der Waals surface area contributed by atoms with Crippen molar-refractivity contribution < 1.29 is 14.3 Å². The van der Waals surface area contributed by atoms with Gasteiger partial charge in [-0.15, -0.1) is 13.2 Å². The van der Waals surface area contributed by atoms with Crippen LogP contribution in [0.1, 0.15) is 40.0 Å². The topological polar surface area (TPSA) is 35.5 Å². The molecular weight excluding hydrogens is 288 g/mol. The molecule has 0 aromatic carbocycles. The third-order valence-corrected chi connectivity index (χ3v) is 5.08. The Morgan fingerprint density at radius 1 is 1.22 bits per heavy atom. The highest BCUT2D eigenvalue weighted by Gasteiger charge is 2.57. The zero-order valence-electron chi connectivity index (χ0n) is 14.6. The molecule has 1 spiro atoms. The number of hydrogen-bond acceptors (Lipinski definition) is 3. The van der Waals surface area contributed by atoms with E-state index < -0.39 is 5.79 Å². The van der Waals surface area contributed by atoms with Crippen LogP contribution < -0.4 is 0 Å². The van der Waals surface area contributed by atoms with Crippen molar-refractivity contribution in [3.8, 4) is 0 Å². The van der Waals surface area contributed by atoms with Gasteiger partial charge in [-0.3, -0.25) is 4.79 Å². The Labute approximate surface area is 139 Å². The first-order valence-corrected chi connectivity index (χ1v) is 8.22. The summed E-state index contributed by atoms with van der Waals surface area (Å²) in [5.74, 6) is -0.585. The largest absolute Gasteiger partial charge is 0.347 e. The molecule has 0 saturated carbocycles. The van der Waals surface area contributed by atoms with E-state index in [1.807, 2.05) is 18.2 Å². The summed E-state index contributed by atoms with van der Waals surface area (Å²) in [6.45, 7) is 14.9. The molecule has 2 atom stereocenters. The van der Waals surface area contributed by atoms with Crippen LogP contribution in [0.2, 0.25) is 0 Å². The first-order chi connectivity index (χ1) is 10.8. The summed E-state index contributed by atoms with van der Waals surface area (Å²) in [7, 11) is 0. The predicted octanol–water partition coefficient (Wildman–Crippen LogP) is 4.37. The fourth-order valence-corrected chi connectivity index (χ4v) is 3.81. The summed E-state index contributed by atoms with van der Waals surface area (Å²) in [6.07, 6.45) is 11.9. The van der Waals surface area contributed by atoms with Gasteiger partial charge in [0.15, 0.2) is 11.6 Å². The first kappa shape index (κ1) is 17.9. The highest BCUT2D eigenvalue weighted by Crippen LogP contribution is 2.57. The van der Waals surface area contributed by atoms with Gasteiger partial charge in [-0.25, -0.2) is 0 Å². The van der Waals surface area contributed by atoms with Crippen LogP contribution in [0.5, 0.6) is 0 Å². The molecule has 2 rings (SSSR count). The minimum absolute atomic E-state index is 0.0472. The summed E-state index contributed by atoms with van der Waals surface area (Å²) in [5.41, 5.74) is 0.669. The van der Waals surface area contributed by atoms with Crippen molar-refractivity contribution in [2.75, 3.05) is 13.2 Å². The quantitative estimate of drug-likeness (QED) is 0.539. The normalized spacial score (nSPS) is 32.9. The minimum Gasteiger partial charge on any atom is -0.347 e. The Balaban J connectivity index is 2.55. The van der Waals surface area contributed by atoms with Crippen molar-refractivity contribution >= 4 is 5.78 Å². The van der Waals surface area contributed by atoms with Crippen molar-refractivity contribution in [2.45, 2.75) is 45.8 Å². The Morgan fingerprint density at radius 3 is 2.35 bits per heavy atom. The maximum atomic E-state index is 11.4. The molecule has 3 nitrogen and oxygen atoms in total. The lowest BCUT2D eigenvalue weighted by molar-refractivity contribution is -0.238. The van der Waals surface area contributed by atoms with E-state index in [0.717, 1.165) is 24.8 Å². The monoisotopic (exact) mass is 316 g/mol. The number of carbonyl (C=O) groups excluding carboxylic acids is 1. The van der Waals surface area contributed by atoms with Crippen molar-refractivity contribution in [2.24, 2.45) is 10.8 Å². The molecule has 1 aliphatic carbocycles. The lowest BCUT2D eigenvalue weighted by Gasteiger charge is -2.52. The second-order valence-electron chi connectivity index (χ2n) is 7.13. The van der Waals surface area contributed by atoms with E-state index in [4.69, 9.17) is 9.47 Å². The van der Waals surface area contributed by atoms with Crippen LogP contribution in [0, 0.1) is 10.8 Å². The summed E-state index contributed by atoms with van der Waals surface area (Å²) in [5, 5.41) is 0. The van der Waals surface area contributed by atoms with E-state index in [9.17, 15) is 4.79 Å². The fourth-order valence-electron chi connectivity index (χ4n) is 3.81. The average molecular weight is 316 g/mol. The maximum absolute atomic E-state index is 11.4. The molecule has 0 aromatic rings. The van der Waals surface area contributed by atoms with Crippen LogP contribution in [0.4, 0.5) is 0 Å². The Kier molecular flexibility index (Phi) is 5.12. The van der Waals surface area contributed by atoms with E-state index in [0.29, 0.717) is 13.2 Å². The van der Waals surface area contributed by atoms with Gasteiger partial charge in [0.05, 0.1) is 13.2 Å². The highest BCUT2D eigenvalue weighted by molar-refractivity contribution is 5.87. The highest BCUT2D eigenvalue weighted by atomic mass is 16.7. The van der Waals surface area contributed by atoms with Crippen LogP contribution in [0.15, 0.2) is 49.1 Å². The molecule has 3 heteroatoms. The smallest absolute Gasteiger partial charge is 0.178 e. The standard InChI is InChI=1S/C20H28O3/c1-6-10-18(4)15-20(22-12-13-23-20)19(5,11-7-2)14-17(18)9-8-16(3)21/h6-9,14H,1-2,10-13,15H2,3-5H3/b9-8-/t18-,19-/m1/s1. The molecule has 1 saturated heterocycles. The molecule has 23 heavy (non-hydrogen) atoms. The van der Waals surface area contributed by atoms with Gasteiger partial charge >= 0.3 is 0 Å². The Bertz CT molecular complexity index is 551. The first-order valence-electron chi connectivity index (χ1n) is 8.22. The van der Waals surface area contributed by atoms with Crippen LogP contribution >= 0.6 is 0 Å². The van der Waals surface area contributed by atoms with Crippen molar-refractivity contribution in [1.29, 1.82) is 0 Å². The van der Waals surface area contributed by atoms with Gasteiger partial charge in [0.1, 0.15) is 0 Å². The van der Waals surface area contributed by atoms with E-state index in [2.05, 4.69) is 33.1 Å². The third-order valence-electron chi connectivity index (χ3n) is 5.08. The second-order valence-corrected chi connectivity index (χ2v) is 7.13. The van der Waals surface area contributed by atoms with Crippen molar-refractivity contribution in [1.82, 2.24) is 0 Å². The Morgan fingerprint density at radius 2 is 1.83 bits per heavy atom. The lowest BCUT2D eigenvalue weighted by atomic mass is 9.60. The molecule has 0 amide bonds. The molecule has 0 radical (unpaired) electrons. The molecule has 2 aliphatic rings. The van der Waals surface area contributed by atoms with E-state index in [-0.39, 0.29) is 16.6 Å². The zero-order chi connectivity index (χ0) is 17.1. The number of ketones is 1. The number of hydrogen-bond donors (Lipinski definition) is 0. The summed E-state index contributed by atoms with van der Waals surface area (Å²) in [4.78, 5) is 11.4. The van der Waals surface area contributed by atoms with E-state index >= 15 is 0 Å². The molecule has 0 unspecified atom stereocenters. The lowest BCUT2D eigenvalue weighted by Crippen LogP contribution is -2.53. The van der Waals surface area contributed by atoms with Crippen LogP contribution in [0.3, 0.4) is 0 Å². The minimum atomic E-state index is -0.632. The van der Waals surface area contributed by atoms with Crippen molar-refractivity contribution in [3.05, 3.63) is 49.1 Å². The van der Waals surface area contributed by atoms with Crippen LogP contribution in [0.25, 0.3) is 0 Å². The van der Waals surface area contributed by atoms with E-state index in [1.165, 1.54) is 0 Å². The van der Waals surface area contributed by atoms with Crippen LogP contribution in [-0.4, -0.2) is 24.8 Å². The number of carbonyl (C=O) groups is 1. The maximum Gasteiger partial charge on any atom is 0.178 e. The summed E-state index contributed by atoms with van der Waals surface area (Å²) < 4.78 is 12.3. The molecule has 1 aliphatic heterocycles. The van der Waals surface area contributed by atoms with Gasteiger partial charge in [-0.05, 0) is 31.4 Å². The molecule has 0 N–H and O–H groups in total. The van der Waals surface area contributed by atoms with Gasteiger partial charge in [-0.1, -0.05) is 38.2 Å². The van der Waals surface area contributed by atoms with Crippen LogP contribution in [-0.2, 0) is 14.3 Å². The fraction of sp³-hybridized carbons (Fsp3) is 0.550.